The Bertz CT molecular complexity index is 337. The first-order valence-electron chi connectivity index (χ1n) is 4.87. The van der Waals surface area contributed by atoms with Gasteiger partial charge in [0.25, 0.3) is 0 Å². The van der Waals surface area contributed by atoms with E-state index in [0.717, 1.165) is 12.5 Å². The molecule has 68 valence electrons. The van der Waals surface area contributed by atoms with Gasteiger partial charge in [-0.05, 0) is 35.1 Å². The highest BCUT2D eigenvalue weighted by Crippen LogP contribution is 2.18. The zero-order valence-corrected chi connectivity index (χ0v) is 8.25. The number of aliphatic imine (C=N–C) groups is 1. The van der Waals surface area contributed by atoms with E-state index in [-0.39, 0.29) is 0 Å². The van der Waals surface area contributed by atoms with Gasteiger partial charge in [-0.15, -0.1) is 0 Å². The number of nitrogens with zero attached hydrogens (tertiary/aromatic N) is 1. The van der Waals surface area contributed by atoms with Gasteiger partial charge in [-0.3, -0.25) is 4.99 Å². The minimum atomic E-state index is 0.733. The summed E-state index contributed by atoms with van der Waals surface area (Å²) in [5.74, 6) is 0.733. The Hall–Kier alpha value is -1.11. The van der Waals surface area contributed by atoms with E-state index in [1.165, 1.54) is 23.1 Å². The van der Waals surface area contributed by atoms with Crippen LogP contribution >= 0.6 is 0 Å². The minimum Gasteiger partial charge on any atom is -0.288 e. The predicted molar refractivity (Wildman–Crippen MR) is 56.3 cm³/mol. The summed E-state index contributed by atoms with van der Waals surface area (Å²) in [4.78, 5) is 4.25. The molecule has 0 N–H and O–H groups in total. The van der Waals surface area contributed by atoms with Crippen molar-refractivity contribution >= 4 is 6.21 Å². The molecule has 2 rings (SSSR count). The van der Waals surface area contributed by atoms with Crippen molar-refractivity contribution in [3.05, 3.63) is 34.9 Å². The zero-order chi connectivity index (χ0) is 9.26. The second kappa shape index (κ2) is 3.33. The molecule has 0 saturated carbocycles. The Morgan fingerprint density at radius 2 is 2.23 bits per heavy atom. The quantitative estimate of drug-likeness (QED) is 0.652. The lowest BCUT2D eigenvalue weighted by atomic mass is 9.99. The van der Waals surface area contributed by atoms with Crippen LogP contribution in [0, 0.1) is 5.92 Å². The highest BCUT2D eigenvalue weighted by Gasteiger charge is 2.06. The minimum absolute atomic E-state index is 0.733. The van der Waals surface area contributed by atoms with Crippen LogP contribution in [-0.4, -0.2) is 6.21 Å². The van der Waals surface area contributed by atoms with Crippen LogP contribution < -0.4 is 0 Å². The number of hydrogen-bond donors (Lipinski definition) is 0. The summed E-state index contributed by atoms with van der Waals surface area (Å²) >= 11 is 0. The number of hydrogen-bond acceptors (Lipinski definition) is 1. The third-order valence-corrected chi connectivity index (χ3v) is 2.35. The molecule has 1 nitrogen and oxygen atoms in total. The molecule has 1 aliphatic rings. The summed E-state index contributed by atoms with van der Waals surface area (Å²) < 4.78 is 0. The summed E-state index contributed by atoms with van der Waals surface area (Å²) in [5, 5.41) is 0. The van der Waals surface area contributed by atoms with Crippen molar-refractivity contribution in [1.29, 1.82) is 0 Å². The first kappa shape index (κ1) is 8.49. The highest BCUT2D eigenvalue weighted by molar-refractivity contribution is 5.84. The smallest absolute Gasteiger partial charge is 0.0646 e. The normalized spacial score (nSPS) is 13.8. The van der Waals surface area contributed by atoms with Gasteiger partial charge in [-0.2, -0.15) is 0 Å². The van der Waals surface area contributed by atoms with E-state index in [9.17, 15) is 0 Å². The van der Waals surface area contributed by atoms with E-state index in [0.29, 0.717) is 0 Å². The van der Waals surface area contributed by atoms with Crippen molar-refractivity contribution in [3.8, 4) is 0 Å². The topological polar surface area (TPSA) is 12.4 Å². The van der Waals surface area contributed by atoms with E-state index in [2.05, 4.69) is 37.0 Å². The molecule has 13 heavy (non-hydrogen) atoms. The monoisotopic (exact) mass is 173 g/mol. The van der Waals surface area contributed by atoms with E-state index < -0.39 is 0 Å². The standard InChI is InChI=1S/C12H15N/c1-9(2)5-10-3-4-11-7-13-8-12(11)6-10/h3-4,6,8-9H,5,7H2,1-2H3. The first-order valence-corrected chi connectivity index (χ1v) is 4.87. The van der Waals surface area contributed by atoms with Gasteiger partial charge in [-0.1, -0.05) is 26.0 Å². The molecule has 1 aromatic rings. The molecule has 1 aromatic carbocycles. The molecule has 1 aliphatic heterocycles. The summed E-state index contributed by atoms with van der Waals surface area (Å²) in [6.07, 6.45) is 3.15. The second-order valence-electron chi connectivity index (χ2n) is 4.10. The Balaban J connectivity index is 2.25. The Morgan fingerprint density at radius 1 is 1.38 bits per heavy atom. The Morgan fingerprint density at radius 3 is 3.00 bits per heavy atom. The van der Waals surface area contributed by atoms with Crippen LogP contribution in [-0.2, 0) is 13.0 Å². The summed E-state index contributed by atoms with van der Waals surface area (Å²) in [5.41, 5.74) is 4.12. The van der Waals surface area contributed by atoms with Crippen LogP contribution in [0.3, 0.4) is 0 Å². The molecule has 0 amide bonds. The molecular formula is C12H15N. The first-order chi connectivity index (χ1) is 6.25. The van der Waals surface area contributed by atoms with Crippen molar-refractivity contribution in [1.82, 2.24) is 0 Å². The van der Waals surface area contributed by atoms with Gasteiger partial charge >= 0.3 is 0 Å². The van der Waals surface area contributed by atoms with Crippen molar-refractivity contribution in [2.24, 2.45) is 10.9 Å². The molecule has 0 radical (unpaired) electrons. The SMILES string of the molecule is CC(C)Cc1ccc2c(c1)C=NC2. The highest BCUT2D eigenvalue weighted by atomic mass is 14.7. The molecule has 0 atom stereocenters. The lowest BCUT2D eigenvalue weighted by Gasteiger charge is -2.06. The van der Waals surface area contributed by atoms with Gasteiger partial charge < -0.3 is 0 Å². The predicted octanol–water partition coefficient (Wildman–Crippen LogP) is 2.82. The average Bonchev–Trinajstić information content (AvgIpc) is 2.49. The lowest BCUT2D eigenvalue weighted by molar-refractivity contribution is 0.647. The number of fused-ring (bicyclic) bond motifs is 1. The summed E-state index contributed by atoms with van der Waals surface area (Å²) in [7, 11) is 0. The van der Waals surface area contributed by atoms with Gasteiger partial charge in [0.05, 0.1) is 6.54 Å². The van der Waals surface area contributed by atoms with Gasteiger partial charge in [0.2, 0.25) is 0 Å². The largest absolute Gasteiger partial charge is 0.288 e. The van der Waals surface area contributed by atoms with Crippen molar-refractivity contribution < 1.29 is 0 Å². The second-order valence-corrected chi connectivity index (χ2v) is 4.10. The summed E-state index contributed by atoms with van der Waals surface area (Å²) in [6.45, 7) is 5.37. The fourth-order valence-electron chi connectivity index (χ4n) is 1.75. The van der Waals surface area contributed by atoms with Crippen LogP contribution in [0.5, 0.6) is 0 Å². The fraction of sp³-hybridized carbons (Fsp3) is 0.417. The van der Waals surface area contributed by atoms with Gasteiger partial charge in [0, 0.05) is 6.21 Å². The van der Waals surface area contributed by atoms with Crippen molar-refractivity contribution in [3.63, 3.8) is 0 Å². The number of benzene rings is 1. The number of rotatable bonds is 2. The van der Waals surface area contributed by atoms with Gasteiger partial charge in [0.1, 0.15) is 0 Å². The molecule has 0 spiro atoms. The van der Waals surface area contributed by atoms with Crippen LogP contribution in [0.25, 0.3) is 0 Å². The average molecular weight is 173 g/mol. The van der Waals surface area contributed by atoms with Crippen LogP contribution in [0.15, 0.2) is 23.2 Å². The van der Waals surface area contributed by atoms with Crippen molar-refractivity contribution in [2.45, 2.75) is 26.8 Å². The van der Waals surface area contributed by atoms with Crippen LogP contribution in [0.1, 0.15) is 30.5 Å². The third kappa shape index (κ3) is 1.80. The Labute approximate surface area is 79.5 Å². The van der Waals surface area contributed by atoms with E-state index in [4.69, 9.17) is 0 Å². The lowest BCUT2D eigenvalue weighted by Crippen LogP contribution is -1.95. The third-order valence-electron chi connectivity index (χ3n) is 2.35. The molecule has 0 unspecified atom stereocenters. The van der Waals surface area contributed by atoms with Gasteiger partial charge in [0.15, 0.2) is 0 Å². The maximum atomic E-state index is 4.25. The fourth-order valence-corrected chi connectivity index (χ4v) is 1.75. The summed E-state index contributed by atoms with van der Waals surface area (Å²) in [6, 6.07) is 6.71. The van der Waals surface area contributed by atoms with Crippen LogP contribution in [0.2, 0.25) is 0 Å². The van der Waals surface area contributed by atoms with E-state index in [1.54, 1.807) is 0 Å². The van der Waals surface area contributed by atoms with Crippen molar-refractivity contribution in [2.75, 3.05) is 0 Å². The molecular weight excluding hydrogens is 158 g/mol. The van der Waals surface area contributed by atoms with E-state index >= 15 is 0 Å². The van der Waals surface area contributed by atoms with Crippen LogP contribution in [0.4, 0.5) is 0 Å². The molecule has 1 heteroatoms. The molecule has 0 saturated heterocycles. The Kier molecular flexibility index (Phi) is 2.17. The van der Waals surface area contributed by atoms with E-state index in [1.807, 2.05) is 6.21 Å². The molecule has 0 fully saturated rings. The molecule has 0 bridgehead atoms. The molecule has 0 aliphatic carbocycles. The maximum Gasteiger partial charge on any atom is 0.0646 e. The molecule has 0 aromatic heterocycles. The zero-order valence-electron chi connectivity index (χ0n) is 8.25. The van der Waals surface area contributed by atoms with Gasteiger partial charge in [-0.25, -0.2) is 0 Å². The molecule has 1 heterocycles. The maximum absolute atomic E-state index is 4.25.